The van der Waals surface area contributed by atoms with Gasteiger partial charge in [0.2, 0.25) is 0 Å². The zero-order valence-electron chi connectivity index (χ0n) is 7.63. The maximum atomic E-state index is 11.1. The highest BCUT2D eigenvalue weighted by molar-refractivity contribution is 9.10. The van der Waals surface area contributed by atoms with Crippen LogP contribution >= 0.6 is 31.9 Å². The van der Waals surface area contributed by atoms with Gasteiger partial charge in [-0.25, -0.2) is 8.42 Å². The number of halogens is 2. The first kappa shape index (κ1) is 12.2. The van der Waals surface area contributed by atoms with Gasteiger partial charge in [-0.2, -0.15) is 0 Å². The maximum Gasteiger partial charge on any atom is 0.151 e. The lowest BCUT2D eigenvalue weighted by atomic mass is 10.2. The topological polar surface area (TPSA) is 34.1 Å². The lowest BCUT2D eigenvalue weighted by Gasteiger charge is -2.04. The van der Waals surface area contributed by atoms with Gasteiger partial charge in [0.25, 0.3) is 0 Å². The van der Waals surface area contributed by atoms with Gasteiger partial charge in [-0.15, -0.1) is 0 Å². The molecule has 14 heavy (non-hydrogen) atoms. The Kier molecular flexibility index (Phi) is 4.15. The van der Waals surface area contributed by atoms with E-state index in [1.807, 2.05) is 18.2 Å². The van der Waals surface area contributed by atoms with Gasteiger partial charge in [0.15, 0.2) is 9.84 Å². The summed E-state index contributed by atoms with van der Waals surface area (Å²) >= 11 is 6.73. The zero-order chi connectivity index (χ0) is 10.8. The Bertz CT molecular complexity index is 426. The van der Waals surface area contributed by atoms with Crippen molar-refractivity contribution < 1.29 is 8.42 Å². The Morgan fingerprint density at radius 1 is 1.36 bits per heavy atom. The zero-order valence-corrected chi connectivity index (χ0v) is 11.6. The van der Waals surface area contributed by atoms with E-state index in [0.717, 1.165) is 15.6 Å². The Hall–Kier alpha value is 0.130. The van der Waals surface area contributed by atoms with Crippen molar-refractivity contribution >= 4 is 41.7 Å². The second-order valence-corrected chi connectivity index (χ2v) is 6.68. The summed E-state index contributed by atoms with van der Waals surface area (Å²) in [6.07, 6.45) is 1.24. The molecule has 0 heterocycles. The van der Waals surface area contributed by atoms with E-state index in [4.69, 9.17) is 0 Å². The van der Waals surface area contributed by atoms with E-state index in [-0.39, 0.29) is 5.75 Å². The smallest absolute Gasteiger partial charge is 0.151 e. The van der Waals surface area contributed by atoms with Gasteiger partial charge >= 0.3 is 0 Å². The summed E-state index contributed by atoms with van der Waals surface area (Å²) in [5.74, 6) is 0.0975. The molecule has 0 amide bonds. The molecule has 0 aliphatic rings. The molecule has 0 unspecified atom stereocenters. The van der Waals surface area contributed by atoms with Gasteiger partial charge < -0.3 is 0 Å². The molecule has 0 aromatic heterocycles. The molecular weight excluding hydrogens is 332 g/mol. The monoisotopic (exact) mass is 340 g/mol. The number of alkyl halides is 1. The van der Waals surface area contributed by atoms with E-state index in [9.17, 15) is 8.42 Å². The van der Waals surface area contributed by atoms with Crippen LogP contribution in [0, 0.1) is 0 Å². The van der Waals surface area contributed by atoms with Crippen molar-refractivity contribution in [2.24, 2.45) is 0 Å². The minimum absolute atomic E-state index is 0.0975. The molecule has 0 spiro atoms. The SMILES string of the molecule is CS(=O)(=O)Cc1ccc(Br)c(CBr)c1. The molecule has 5 heteroatoms. The first-order valence-corrected chi connectivity index (χ1v) is 7.91. The van der Waals surface area contributed by atoms with Crippen LogP contribution in [0.5, 0.6) is 0 Å². The molecule has 0 N–H and O–H groups in total. The number of benzene rings is 1. The maximum absolute atomic E-state index is 11.1. The van der Waals surface area contributed by atoms with Crippen LogP contribution in [0.3, 0.4) is 0 Å². The summed E-state index contributed by atoms with van der Waals surface area (Å²) < 4.78 is 23.1. The molecule has 1 aromatic carbocycles. The van der Waals surface area contributed by atoms with Crippen molar-refractivity contribution in [3.05, 3.63) is 33.8 Å². The van der Waals surface area contributed by atoms with Gasteiger partial charge in [-0.3, -0.25) is 0 Å². The van der Waals surface area contributed by atoms with E-state index in [2.05, 4.69) is 31.9 Å². The van der Waals surface area contributed by atoms with Crippen molar-refractivity contribution in [2.45, 2.75) is 11.1 Å². The summed E-state index contributed by atoms with van der Waals surface area (Å²) in [5.41, 5.74) is 1.89. The van der Waals surface area contributed by atoms with Crippen LogP contribution < -0.4 is 0 Å². The van der Waals surface area contributed by atoms with Gasteiger partial charge in [-0.1, -0.05) is 44.0 Å². The largest absolute Gasteiger partial charge is 0.229 e. The molecule has 0 aliphatic carbocycles. The lowest BCUT2D eigenvalue weighted by Crippen LogP contribution is -2.01. The fourth-order valence-corrected chi connectivity index (χ4v) is 3.14. The van der Waals surface area contributed by atoms with Crippen LogP contribution in [-0.2, 0) is 20.9 Å². The summed E-state index contributed by atoms with van der Waals surface area (Å²) in [5, 5.41) is 0.713. The predicted octanol–water partition coefficient (Wildman–Crippen LogP) is 2.89. The highest BCUT2D eigenvalue weighted by Gasteiger charge is 2.06. The lowest BCUT2D eigenvalue weighted by molar-refractivity contribution is 0.601. The van der Waals surface area contributed by atoms with Crippen LogP contribution in [0.25, 0.3) is 0 Å². The van der Waals surface area contributed by atoms with Gasteiger partial charge in [0, 0.05) is 16.1 Å². The predicted molar refractivity (Wildman–Crippen MR) is 65.3 cm³/mol. The molecule has 0 saturated carbocycles. The van der Waals surface area contributed by atoms with E-state index in [1.54, 1.807) is 0 Å². The van der Waals surface area contributed by atoms with Gasteiger partial charge in [0.05, 0.1) is 5.75 Å². The molecule has 0 radical (unpaired) electrons. The molecular formula is C9H10Br2O2S. The van der Waals surface area contributed by atoms with E-state index in [1.165, 1.54) is 6.26 Å². The Labute approximate surface area is 101 Å². The minimum atomic E-state index is -2.95. The second-order valence-electron chi connectivity index (χ2n) is 3.13. The standard InChI is InChI=1S/C9H10Br2O2S/c1-14(12,13)6-7-2-3-9(11)8(4-7)5-10/h2-4H,5-6H2,1H3. The van der Waals surface area contributed by atoms with Crippen LogP contribution in [0.15, 0.2) is 22.7 Å². The van der Waals surface area contributed by atoms with Gasteiger partial charge in [-0.05, 0) is 17.2 Å². The normalized spacial score (nSPS) is 11.6. The third-order valence-corrected chi connectivity index (χ3v) is 3.92. The summed E-state index contributed by atoms with van der Waals surface area (Å²) in [6, 6.07) is 5.58. The fourth-order valence-electron chi connectivity index (χ4n) is 1.12. The average molecular weight is 342 g/mol. The Morgan fingerprint density at radius 3 is 2.50 bits per heavy atom. The Balaban J connectivity index is 3.01. The van der Waals surface area contributed by atoms with E-state index in [0.29, 0.717) is 5.33 Å². The third-order valence-electron chi connectivity index (χ3n) is 1.68. The van der Waals surface area contributed by atoms with Crippen LogP contribution in [-0.4, -0.2) is 14.7 Å². The molecule has 0 atom stereocenters. The van der Waals surface area contributed by atoms with Crippen molar-refractivity contribution in [3.63, 3.8) is 0 Å². The van der Waals surface area contributed by atoms with Crippen molar-refractivity contribution in [3.8, 4) is 0 Å². The van der Waals surface area contributed by atoms with E-state index >= 15 is 0 Å². The van der Waals surface area contributed by atoms with Crippen molar-refractivity contribution in [1.82, 2.24) is 0 Å². The molecule has 1 rings (SSSR count). The number of rotatable bonds is 3. The highest BCUT2D eigenvalue weighted by Crippen LogP contribution is 2.21. The van der Waals surface area contributed by atoms with Crippen molar-refractivity contribution in [2.75, 3.05) is 6.26 Å². The summed E-state index contributed by atoms with van der Waals surface area (Å²) in [7, 11) is -2.95. The number of hydrogen-bond donors (Lipinski definition) is 0. The second kappa shape index (κ2) is 4.77. The van der Waals surface area contributed by atoms with Crippen LogP contribution in [0.2, 0.25) is 0 Å². The molecule has 78 valence electrons. The third kappa shape index (κ3) is 3.71. The molecule has 0 aliphatic heterocycles. The first-order valence-electron chi connectivity index (χ1n) is 3.93. The first-order chi connectivity index (χ1) is 6.42. The molecule has 0 bridgehead atoms. The van der Waals surface area contributed by atoms with Crippen LogP contribution in [0.4, 0.5) is 0 Å². The average Bonchev–Trinajstić information content (AvgIpc) is 2.06. The molecule has 0 fully saturated rings. The number of hydrogen-bond acceptors (Lipinski definition) is 2. The fraction of sp³-hybridized carbons (Fsp3) is 0.333. The quantitative estimate of drug-likeness (QED) is 0.792. The van der Waals surface area contributed by atoms with Crippen LogP contribution in [0.1, 0.15) is 11.1 Å². The Morgan fingerprint density at radius 2 is 2.00 bits per heavy atom. The minimum Gasteiger partial charge on any atom is -0.229 e. The molecule has 0 saturated heterocycles. The summed E-state index contributed by atoms with van der Waals surface area (Å²) in [4.78, 5) is 0. The highest BCUT2D eigenvalue weighted by atomic mass is 79.9. The van der Waals surface area contributed by atoms with Crippen molar-refractivity contribution in [1.29, 1.82) is 0 Å². The summed E-state index contributed by atoms with van der Waals surface area (Å²) in [6.45, 7) is 0. The number of sulfone groups is 1. The van der Waals surface area contributed by atoms with Gasteiger partial charge in [0.1, 0.15) is 0 Å². The molecule has 2 nitrogen and oxygen atoms in total. The van der Waals surface area contributed by atoms with E-state index < -0.39 is 9.84 Å². The molecule has 1 aromatic rings.